The maximum atomic E-state index is 14.2. The number of rotatable bonds is 7. The van der Waals surface area contributed by atoms with Crippen LogP contribution in [0.4, 0.5) is 32.0 Å². The van der Waals surface area contributed by atoms with Crippen LogP contribution in [-0.4, -0.2) is 38.6 Å². The molecule has 198 valence electrons. The number of halogens is 8. The number of benzene rings is 2. The number of anilines is 1. The van der Waals surface area contributed by atoms with Crippen LogP contribution in [0.3, 0.4) is 0 Å². The second-order valence-corrected chi connectivity index (χ2v) is 9.19. The summed E-state index contributed by atoms with van der Waals surface area (Å²) in [4.78, 5) is 13.0. The first-order valence-electron chi connectivity index (χ1n) is 10.6. The van der Waals surface area contributed by atoms with Gasteiger partial charge in [0.05, 0.1) is 24.6 Å². The molecule has 2 atom stereocenters. The number of nitrogens with one attached hydrogen (secondary N) is 1. The average Bonchev–Trinajstić information content (AvgIpc) is 3.23. The Hall–Kier alpha value is -2.21. The molecule has 0 saturated carbocycles. The molecule has 0 bridgehead atoms. The molecule has 0 radical (unpaired) electrons. The van der Waals surface area contributed by atoms with Crippen LogP contribution in [-0.2, 0) is 32.6 Å². The number of methoxy groups -OCH3 is 1. The molecule has 1 heterocycles. The number of carbonyl (C=O) groups is 1. The molecule has 0 aliphatic carbocycles. The van der Waals surface area contributed by atoms with Crippen molar-refractivity contribution in [1.29, 1.82) is 0 Å². The number of nitrogens with zero attached hydrogens (tertiary/aromatic N) is 1. The highest BCUT2D eigenvalue weighted by Crippen LogP contribution is 2.48. The highest BCUT2D eigenvalue weighted by atomic mass is 35.5. The highest BCUT2D eigenvalue weighted by Gasteiger charge is 2.61. The third-order valence-electron chi connectivity index (χ3n) is 5.78. The third kappa shape index (κ3) is 6.19. The molecule has 36 heavy (non-hydrogen) atoms. The molecule has 1 aliphatic heterocycles. The third-order valence-corrected chi connectivity index (χ3v) is 6.22. The van der Waals surface area contributed by atoms with Crippen LogP contribution in [0.1, 0.15) is 30.0 Å². The van der Waals surface area contributed by atoms with E-state index in [1.54, 1.807) is 6.92 Å². The molecular formula is C23H22Cl2F6N2O3. The number of alkyl halides is 6. The van der Waals surface area contributed by atoms with Gasteiger partial charge in [-0.25, -0.2) is 0 Å². The summed E-state index contributed by atoms with van der Waals surface area (Å²) in [6.45, 7) is -0.248. The van der Waals surface area contributed by atoms with Gasteiger partial charge in [-0.05, 0) is 48.4 Å². The van der Waals surface area contributed by atoms with E-state index in [9.17, 15) is 31.1 Å². The summed E-state index contributed by atoms with van der Waals surface area (Å²) in [5.41, 5.74) is -4.69. The summed E-state index contributed by atoms with van der Waals surface area (Å²) in [7, 11) is 1.40. The number of amides is 1. The standard InChI is InChI=1S/C23H22Cl2F6N2O3/c1-13(35-2)5-20(34)32-10-14-3-4-18(9-19(14)22(26,27)28)33-11-21(36-12-33,23(29,30)31)15-6-16(24)8-17(25)7-15/h3-4,6-9,13H,5,10-12H2,1-2H3,(H,32,34). The summed E-state index contributed by atoms with van der Waals surface area (Å²) >= 11 is 11.8. The number of hydrogen-bond acceptors (Lipinski definition) is 4. The van der Waals surface area contributed by atoms with Crippen LogP contribution < -0.4 is 10.2 Å². The van der Waals surface area contributed by atoms with E-state index in [0.29, 0.717) is 0 Å². The maximum Gasteiger partial charge on any atom is 0.423 e. The van der Waals surface area contributed by atoms with E-state index in [-0.39, 0.29) is 33.3 Å². The van der Waals surface area contributed by atoms with Crippen LogP contribution in [0.15, 0.2) is 36.4 Å². The maximum absolute atomic E-state index is 14.2. The minimum atomic E-state index is -4.92. The topological polar surface area (TPSA) is 50.8 Å². The average molecular weight is 559 g/mol. The summed E-state index contributed by atoms with van der Waals surface area (Å²) in [6.07, 6.45) is -10.2. The van der Waals surface area contributed by atoms with Crippen LogP contribution in [0.25, 0.3) is 0 Å². The van der Waals surface area contributed by atoms with Crippen LogP contribution in [0.2, 0.25) is 10.0 Å². The van der Waals surface area contributed by atoms with Gasteiger partial charge < -0.3 is 19.7 Å². The molecule has 1 fully saturated rings. The summed E-state index contributed by atoms with van der Waals surface area (Å²) in [5.74, 6) is -0.510. The van der Waals surface area contributed by atoms with Crippen molar-refractivity contribution in [2.24, 2.45) is 0 Å². The van der Waals surface area contributed by atoms with Crippen LogP contribution in [0, 0.1) is 0 Å². The van der Waals surface area contributed by atoms with Gasteiger partial charge in [-0.15, -0.1) is 0 Å². The Labute approximate surface area is 213 Å². The Balaban J connectivity index is 1.90. The first-order chi connectivity index (χ1) is 16.7. The van der Waals surface area contributed by atoms with Crippen molar-refractivity contribution in [2.45, 2.75) is 43.9 Å². The van der Waals surface area contributed by atoms with Crippen molar-refractivity contribution in [1.82, 2.24) is 5.32 Å². The molecular weight excluding hydrogens is 537 g/mol. The summed E-state index contributed by atoms with van der Waals surface area (Å²) in [6, 6.07) is 6.47. The molecule has 13 heteroatoms. The fraction of sp³-hybridized carbons (Fsp3) is 0.435. The van der Waals surface area contributed by atoms with Gasteiger partial charge >= 0.3 is 12.4 Å². The lowest BCUT2D eigenvalue weighted by atomic mass is 9.92. The number of ether oxygens (including phenoxy) is 2. The molecule has 0 aromatic heterocycles. The Bertz CT molecular complexity index is 1090. The van der Waals surface area contributed by atoms with E-state index in [2.05, 4.69) is 5.32 Å². The van der Waals surface area contributed by atoms with Crippen molar-refractivity contribution in [3.63, 3.8) is 0 Å². The van der Waals surface area contributed by atoms with Crippen molar-refractivity contribution in [2.75, 3.05) is 25.3 Å². The molecule has 2 aromatic carbocycles. The fourth-order valence-electron chi connectivity index (χ4n) is 3.80. The molecule has 0 spiro atoms. The first-order valence-corrected chi connectivity index (χ1v) is 11.3. The Morgan fingerprint density at radius 2 is 1.78 bits per heavy atom. The van der Waals surface area contributed by atoms with Gasteiger partial charge in [0.15, 0.2) is 0 Å². The molecule has 3 rings (SSSR count). The lowest BCUT2D eigenvalue weighted by molar-refractivity contribution is -0.264. The quantitative estimate of drug-likeness (QED) is 0.405. The predicted octanol–water partition coefficient (Wildman–Crippen LogP) is 6.31. The molecule has 1 amide bonds. The van der Waals surface area contributed by atoms with E-state index < -0.39 is 55.3 Å². The molecule has 1 N–H and O–H groups in total. The monoisotopic (exact) mass is 558 g/mol. The van der Waals surface area contributed by atoms with Crippen LogP contribution in [0.5, 0.6) is 0 Å². The second kappa shape index (κ2) is 10.6. The smallest absolute Gasteiger partial charge is 0.381 e. The molecule has 2 unspecified atom stereocenters. The lowest BCUT2D eigenvalue weighted by Gasteiger charge is -2.31. The minimum absolute atomic E-state index is 0.0474. The van der Waals surface area contributed by atoms with Crippen molar-refractivity contribution in [3.05, 3.63) is 63.1 Å². The highest BCUT2D eigenvalue weighted by molar-refractivity contribution is 6.34. The van der Waals surface area contributed by atoms with E-state index >= 15 is 0 Å². The zero-order valence-electron chi connectivity index (χ0n) is 19.1. The van der Waals surface area contributed by atoms with Gasteiger partial charge in [0.2, 0.25) is 11.5 Å². The van der Waals surface area contributed by atoms with Gasteiger partial charge in [-0.1, -0.05) is 29.3 Å². The Morgan fingerprint density at radius 3 is 2.33 bits per heavy atom. The summed E-state index contributed by atoms with van der Waals surface area (Å²) in [5, 5.41) is 2.30. The summed E-state index contributed by atoms with van der Waals surface area (Å²) < 4.78 is 94.2. The number of hydrogen-bond donors (Lipinski definition) is 1. The minimum Gasteiger partial charge on any atom is -0.381 e. The Morgan fingerprint density at radius 1 is 1.14 bits per heavy atom. The van der Waals surface area contributed by atoms with E-state index in [1.165, 1.54) is 19.2 Å². The predicted molar refractivity (Wildman–Crippen MR) is 122 cm³/mol. The molecule has 2 aromatic rings. The largest absolute Gasteiger partial charge is 0.423 e. The number of carbonyl (C=O) groups excluding carboxylic acids is 1. The Kier molecular flexibility index (Phi) is 8.39. The van der Waals surface area contributed by atoms with Crippen molar-refractivity contribution >= 4 is 34.8 Å². The van der Waals surface area contributed by atoms with E-state index in [1.807, 2.05) is 0 Å². The van der Waals surface area contributed by atoms with Gasteiger partial charge in [-0.2, -0.15) is 26.3 Å². The van der Waals surface area contributed by atoms with E-state index in [0.717, 1.165) is 29.2 Å². The van der Waals surface area contributed by atoms with Gasteiger partial charge in [-0.3, -0.25) is 4.79 Å². The van der Waals surface area contributed by atoms with Gasteiger partial charge in [0.25, 0.3) is 0 Å². The lowest BCUT2D eigenvalue weighted by Crippen LogP contribution is -2.46. The van der Waals surface area contributed by atoms with Gasteiger partial charge in [0, 0.05) is 29.4 Å². The SMILES string of the molecule is COC(C)CC(=O)NCc1ccc(N2COC(c3cc(Cl)cc(Cl)c3)(C(F)(F)F)C2)cc1C(F)(F)F. The fourth-order valence-corrected chi connectivity index (χ4v) is 4.33. The molecule has 1 aliphatic rings. The first kappa shape index (κ1) is 28.4. The zero-order chi connectivity index (χ0) is 26.9. The zero-order valence-corrected chi connectivity index (χ0v) is 20.6. The normalized spacial score (nSPS) is 19.4. The van der Waals surface area contributed by atoms with Crippen molar-refractivity contribution in [3.8, 4) is 0 Å². The molecule has 5 nitrogen and oxygen atoms in total. The second-order valence-electron chi connectivity index (χ2n) is 8.32. The van der Waals surface area contributed by atoms with E-state index in [4.69, 9.17) is 32.7 Å². The van der Waals surface area contributed by atoms with Crippen molar-refractivity contribution < 1.29 is 40.6 Å². The van der Waals surface area contributed by atoms with Crippen LogP contribution >= 0.6 is 23.2 Å². The van der Waals surface area contributed by atoms with Gasteiger partial charge in [0.1, 0.15) is 6.73 Å². The molecule has 1 saturated heterocycles.